The number of carbonyl (C=O) groups excluding carboxylic acids is 5. The van der Waals surface area contributed by atoms with Gasteiger partial charge >= 0.3 is 5.97 Å². The highest BCUT2D eigenvalue weighted by molar-refractivity contribution is 5.96. The van der Waals surface area contributed by atoms with E-state index < -0.39 is 105 Å². The predicted molar refractivity (Wildman–Crippen MR) is 134 cm³/mol. The summed E-state index contributed by atoms with van der Waals surface area (Å²) in [7, 11) is 0. The zero-order chi connectivity index (χ0) is 30.8. The molecule has 0 saturated carbocycles. The lowest BCUT2D eigenvalue weighted by molar-refractivity contribution is -0.143. The zero-order valence-corrected chi connectivity index (χ0v) is 21.6. The minimum atomic E-state index is -1.75. The SMILES string of the molecule is NCCCC[C@H](NC(=O)[C@H](CO)NC(=O)[C@H](CO)NC(=O)[C@H](CO)NC(=O)[C@H](CO)NC(=O)[C@@H](N)CO)C(=O)O. The van der Waals surface area contributed by atoms with E-state index in [1.165, 1.54) is 0 Å². The van der Waals surface area contributed by atoms with Crippen LogP contribution in [0.5, 0.6) is 0 Å². The van der Waals surface area contributed by atoms with Gasteiger partial charge in [-0.3, -0.25) is 24.0 Å². The smallest absolute Gasteiger partial charge is 0.326 e. The molecule has 0 aliphatic heterocycles. The first-order valence-corrected chi connectivity index (χ1v) is 12.1. The molecule has 0 aromatic rings. The van der Waals surface area contributed by atoms with E-state index in [1.807, 2.05) is 21.3 Å². The fourth-order valence-corrected chi connectivity index (χ4v) is 2.98. The Hall–Kier alpha value is -3.46. The van der Waals surface area contributed by atoms with Gasteiger partial charge < -0.3 is 68.7 Å². The van der Waals surface area contributed by atoms with Crippen molar-refractivity contribution in [2.24, 2.45) is 11.5 Å². The Kier molecular flexibility index (Phi) is 17.9. The molecule has 0 aromatic heterocycles. The summed E-state index contributed by atoms with van der Waals surface area (Å²) in [5.74, 6) is -6.93. The van der Waals surface area contributed by atoms with Gasteiger partial charge in [0.2, 0.25) is 29.5 Å². The third kappa shape index (κ3) is 12.6. The van der Waals surface area contributed by atoms with Gasteiger partial charge in [0.1, 0.15) is 36.3 Å². The van der Waals surface area contributed by atoms with Crippen molar-refractivity contribution in [1.82, 2.24) is 26.6 Å². The van der Waals surface area contributed by atoms with Crippen LogP contribution in [-0.2, 0) is 28.8 Å². The summed E-state index contributed by atoms with van der Waals surface area (Å²) in [6, 6.07) is -9.53. The second-order valence-corrected chi connectivity index (χ2v) is 8.45. The number of rotatable bonds is 20. The monoisotopic (exact) mass is 581 g/mol. The second kappa shape index (κ2) is 19.6. The van der Waals surface area contributed by atoms with Gasteiger partial charge in [0.05, 0.1) is 33.0 Å². The molecule has 0 aromatic carbocycles. The van der Waals surface area contributed by atoms with Crippen molar-refractivity contribution in [1.29, 1.82) is 0 Å². The molecule has 0 fully saturated rings. The van der Waals surface area contributed by atoms with Crippen LogP contribution in [0.1, 0.15) is 19.3 Å². The van der Waals surface area contributed by atoms with Crippen LogP contribution in [0.15, 0.2) is 0 Å². The van der Waals surface area contributed by atoms with E-state index in [1.54, 1.807) is 0 Å². The average molecular weight is 582 g/mol. The maximum absolute atomic E-state index is 12.5. The van der Waals surface area contributed by atoms with Crippen LogP contribution in [0.2, 0.25) is 0 Å². The molecule has 15 N–H and O–H groups in total. The lowest BCUT2D eigenvalue weighted by Crippen LogP contribution is -2.61. The zero-order valence-electron chi connectivity index (χ0n) is 21.6. The van der Waals surface area contributed by atoms with Gasteiger partial charge in [-0.1, -0.05) is 0 Å². The molecule has 0 rings (SSSR count). The van der Waals surface area contributed by atoms with Crippen LogP contribution in [0.3, 0.4) is 0 Å². The first kappa shape index (κ1) is 36.5. The van der Waals surface area contributed by atoms with Crippen LogP contribution >= 0.6 is 0 Å². The molecular weight excluding hydrogens is 542 g/mol. The highest BCUT2D eigenvalue weighted by Crippen LogP contribution is 2.02. The van der Waals surface area contributed by atoms with E-state index in [0.717, 1.165) is 0 Å². The van der Waals surface area contributed by atoms with E-state index in [9.17, 15) is 54.3 Å². The van der Waals surface area contributed by atoms with Crippen LogP contribution in [0, 0.1) is 0 Å². The number of aliphatic carboxylic acids is 1. The molecule has 5 amide bonds. The number of nitrogens with two attached hydrogens (primary N) is 2. The van der Waals surface area contributed by atoms with Gasteiger partial charge in [0, 0.05) is 0 Å². The third-order valence-electron chi connectivity index (χ3n) is 5.36. The normalized spacial score (nSPS) is 15.4. The van der Waals surface area contributed by atoms with E-state index >= 15 is 0 Å². The summed E-state index contributed by atoms with van der Waals surface area (Å²) < 4.78 is 0. The number of hydrogen-bond acceptors (Lipinski definition) is 13. The molecule has 6 atom stereocenters. The molecule has 0 heterocycles. The number of nitrogens with one attached hydrogen (secondary N) is 5. The van der Waals surface area contributed by atoms with Crippen molar-refractivity contribution in [2.75, 3.05) is 39.6 Å². The van der Waals surface area contributed by atoms with Crippen molar-refractivity contribution in [3.05, 3.63) is 0 Å². The lowest BCUT2D eigenvalue weighted by Gasteiger charge is -2.25. The number of aliphatic hydroxyl groups excluding tert-OH is 5. The van der Waals surface area contributed by atoms with Crippen molar-refractivity contribution in [3.8, 4) is 0 Å². The summed E-state index contributed by atoms with van der Waals surface area (Å²) in [6.07, 6.45) is 0.913. The van der Waals surface area contributed by atoms with Gasteiger partial charge in [-0.2, -0.15) is 0 Å². The molecule has 0 unspecified atom stereocenters. The highest BCUT2D eigenvalue weighted by Gasteiger charge is 2.32. The molecule has 0 saturated heterocycles. The Labute approximate surface area is 228 Å². The van der Waals surface area contributed by atoms with Gasteiger partial charge in [-0.05, 0) is 25.8 Å². The number of carbonyl (C=O) groups is 6. The molecule has 19 nitrogen and oxygen atoms in total. The summed E-state index contributed by atoms with van der Waals surface area (Å²) >= 11 is 0. The number of carboxylic acid groups (broad SMARTS) is 1. The standard InChI is InChI=1S/C21H39N7O12/c22-4-2-1-3-11(21(39)40)24-17(35)13(7-31)26-19(37)15(9-33)28-20(38)14(8-32)27-18(36)12(6-30)25-16(34)10(23)5-29/h10-15,29-33H,1-9,22-23H2,(H,24,35)(H,25,34)(H,26,37)(H,27,36)(H,28,38)(H,39,40)/t10-,11-,12-,13-,14-,15-/m0/s1. The molecular formula is C21H39N7O12. The summed E-state index contributed by atoms with van der Waals surface area (Å²) in [6.45, 7) is -4.43. The molecule has 0 aliphatic carbocycles. The predicted octanol–water partition coefficient (Wildman–Crippen LogP) is -8.09. The quantitative estimate of drug-likeness (QED) is 0.0594. The van der Waals surface area contributed by atoms with Crippen LogP contribution < -0.4 is 38.1 Å². The van der Waals surface area contributed by atoms with E-state index in [4.69, 9.17) is 16.6 Å². The van der Waals surface area contributed by atoms with Gasteiger partial charge in [0.25, 0.3) is 0 Å². The van der Waals surface area contributed by atoms with Gasteiger partial charge in [-0.25, -0.2) is 4.79 Å². The van der Waals surface area contributed by atoms with Gasteiger partial charge in [0.15, 0.2) is 0 Å². The number of aliphatic hydroxyl groups is 5. The number of hydrogen-bond donors (Lipinski definition) is 13. The Morgan fingerprint density at radius 2 is 0.850 bits per heavy atom. The minimum Gasteiger partial charge on any atom is -0.480 e. The maximum Gasteiger partial charge on any atom is 0.326 e. The van der Waals surface area contributed by atoms with Crippen molar-refractivity contribution in [3.63, 3.8) is 0 Å². The Balaban J connectivity index is 5.25. The minimum absolute atomic E-state index is 0.0308. The lowest BCUT2D eigenvalue weighted by atomic mass is 10.1. The molecule has 0 spiro atoms. The molecule has 230 valence electrons. The van der Waals surface area contributed by atoms with Crippen molar-refractivity contribution in [2.45, 2.75) is 55.5 Å². The second-order valence-electron chi connectivity index (χ2n) is 8.45. The summed E-state index contributed by atoms with van der Waals surface area (Å²) in [4.78, 5) is 72.9. The molecule has 0 bridgehead atoms. The Bertz CT molecular complexity index is 862. The molecule has 0 aliphatic rings. The Morgan fingerprint density at radius 3 is 1.12 bits per heavy atom. The average Bonchev–Trinajstić information content (AvgIpc) is 2.94. The topological polar surface area (TPSA) is 336 Å². The first-order valence-electron chi connectivity index (χ1n) is 12.1. The van der Waals surface area contributed by atoms with Gasteiger partial charge in [-0.15, -0.1) is 0 Å². The summed E-state index contributed by atoms with van der Waals surface area (Å²) in [5.41, 5.74) is 10.7. The number of carboxylic acids is 1. The third-order valence-corrected chi connectivity index (χ3v) is 5.36. The van der Waals surface area contributed by atoms with Crippen molar-refractivity contribution >= 4 is 35.5 Å². The van der Waals surface area contributed by atoms with Crippen LogP contribution in [0.4, 0.5) is 0 Å². The number of amides is 5. The number of unbranched alkanes of at least 4 members (excludes halogenated alkanes) is 1. The van der Waals surface area contributed by atoms with E-state index in [2.05, 4.69) is 5.32 Å². The van der Waals surface area contributed by atoms with Crippen LogP contribution in [0.25, 0.3) is 0 Å². The molecule has 19 heteroatoms. The highest BCUT2D eigenvalue weighted by atomic mass is 16.4. The summed E-state index contributed by atoms with van der Waals surface area (Å²) in [5, 5.41) is 66.4. The first-order chi connectivity index (χ1) is 18.9. The molecule has 40 heavy (non-hydrogen) atoms. The fraction of sp³-hybridized carbons (Fsp3) is 0.714. The van der Waals surface area contributed by atoms with Crippen molar-refractivity contribution < 1.29 is 59.4 Å². The Morgan fingerprint density at radius 1 is 0.525 bits per heavy atom. The van der Waals surface area contributed by atoms with E-state index in [-0.39, 0.29) is 6.42 Å². The maximum atomic E-state index is 12.5. The fourth-order valence-electron chi connectivity index (χ4n) is 2.98. The van der Waals surface area contributed by atoms with E-state index in [0.29, 0.717) is 19.4 Å². The molecule has 0 radical (unpaired) electrons. The van der Waals surface area contributed by atoms with Crippen LogP contribution in [-0.4, -0.2) is 142 Å². The largest absolute Gasteiger partial charge is 0.480 e.